The van der Waals surface area contributed by atoms with Gasteiger partial charge in [-0.15, -0.1) is 21.5 Å². The number of benzene rings is 2. The number of hydrogen-bond donors (Lipinski definition) is 0. The third-order valence-electron chi connectivity index (χ3n) is 5.72. The maximum absolute atomic E-state index is 13.6. The lowest BCUT2D eigenvalue weighted by Crippen LogP contribution is -2.36. The monoisotopic (exact) mass is 439 g/mol. The number of fused-ring (bicyclic) bond motifs is 2. The second-order valence-corrected chi connectivity index (χ2v) is 8.52. The maximum Gasteiger partial charge on any atom is 0.193 e. The van der Waals surface area contributed by atoms with Crippen molar-refractivity contribution in [1.82, 2.24) is 24.6 Å². The highest BCUT2D eigenvalue weighted by Crippen LogP contribution is 2.34. The van der Waals surface area contributed by atoms with Gasteiger partial charge in [0.15, 0.2) is 16.7 Å². The number of ether oxygens (including phenoxy) is 2. The van der Waals surface area contributed by atoms with Gasteiger partial charge in [-0.1, -0.05) is 6.07 Å². The summed E-state index contributed by atoms with van der Waals surface area (Å²) < 4.78 is 27.4. The lowest BCUT2D eigenvalue weighted by atomic mass is 10.1. The Hall–Kier alpha value is -3.04. The molecule has 2 aromatic carbocycles. The highest BCUT2D eigenvalue weighted by molar-refractivity contribution is 7.21. The van der Waals surface area contributed by atoms with Crippen molar-refractivity contribution in [2.24, 2.45) is 0 Å². The SMILES string of the molecule is COc1ccc(CN2CCn3c(-c4nc5ccc(F)cc5s4)nnc3[C@H]2C)c(OC)c1. The molecule has 0 fully saturated rings. The van der Waals surface area contributed by atoms with E-state index in [1.807, 2.05) is 18.2 Å². The van der Waals surface area contributed by atoms with Crippen LogP contribution in [-0.4, -0.2) is 45.4 Å². The maximum atomic E-state index is 13.6. The summed E-state index contributed by atoms with van der Waals surface area (Å²) in [5, 5.41) is 9.67. The van der Waals surface area contributed by atoms with Crippen molar-refractivity contribution in [1.29, 1.82) is 0 Å². The Labute approximate surface area is 183 Å². The van der Waals surface area contributed by atoms with Crippen LogP contribution in [0.1, 0.15) is 24.4 Å². The average molecular weight is 440 g/mol. The summed E-state index contributed by atoms with van der Waals surface area (Å²) in [5.41, 5.74) is 1.87. The van der Waals surface area contributed by atoms with Gasteiger partial charge in [-0.3, -0.25) is 4.90 Å². The molecule has 1 aliphatic heterocycles. The van der Waals surface area contributed by atoms with Crippen LogP contribution in [0.2, 0.25) is 0 Å². The molecule has 3 heterocycles. The van der Waals surface area contributed by atoms with Crippen LogP contribution in [0.25, 0.3) is 21.0 Å². The van der Waals surface area contributed by atoms with Crippen LogP contribution in [0.15, 0.2) is 36.4 Å². The minimum atomic E-state index is -0.260. The molecular formula is C22H22FN5O2S. The molecule has 5 rings (SSSR count). The first-order valence-electron chi connectivity index (χ1n) is 10.0. The van der Waals surface area contributed by atoms with E-state index in [0.717, 1.165) is 63.6 Å². The fourth-order valence-electron chi connectivity index (χ4n) is 4.00. The van der Waals surface area contributed by atoms with E-state index >= 15 is 0 Å². The Balaban J connectivity index is 1.42. The molecule has 0 spiro atoms. The van der Waals surface area contributed by atoms with Crippen molar-refractivity contribution >= 4 is 21.6 Å². The minimum Gasteiger partial charge on any atom is -0.497 e. The van der Waals surface area contributed by atoms with Crippen LogP contribution in [0, 0.1) is 5.82 Å². The molecule has 0 saturated carbocycles. The van der Waals surface area contributed by atoms with Crippen LogP contribution in [0.5, 0.6) is 11.5 Å². The third-order valence-corrected chi connectivity index (χ3v) is 6.74. The molecule has 0 bridgehead atoms. The van der Waals surface area contributed by atoms with E-state index in [1.54, 1.807) is 20.3 Å². The van der Waals surface area contributed by atoms with Crippen molar-refractivity contribution in [2.45, 2.75) is 26.1 Å². The number of aromatic nitrogens is 4. The molecule has 0 N–H and O–H groups in total. The van der Waals surface area contributed by atoms with Crippen molar-refractivity contribution in [2.75, 3.05) is 20.8 Å². The summed E-state index contributed by atoms with van der Waals surface area (Å²) in [6, 6.07) is 10.6. The summed E-state index contributed by atoms with van der Waals surface area (Å²) in [4.78, 5) is 6.99. The summed E-state index contributed by atoms with van der Waals surface area (Å²) in [6.07, 6.45) is 0. The smallest absolute Gasteiger partial charge is 0.193 e. The molecule has 7 nitrogen and oxygen atoms in total. The molecule has 4 aromatic rings. The molecule has 0 amide bonds. The molecule has 0 saturated heterocycles. The van der Waals surface area contributed by atoms with Crippen LogP contribution in [0.3, 0.4) is 0 Å². The van der Waals surface area contributed by atoms with E-state index in [9.17, 15) is 4.39 Å². The van der Waals surface area contributed by atoms with Gasteiger partial charge in [0.1, 0.15) is 17.3 Å². The Kier molecular flexibility index (Phi) is 5.07. The van der Waals surface area contributed by atoms with Crippen LogP contribution in [-0.2, 0) is 13.1 Å². The fraction of sp³-hybridized carbons (Fsp3) is 0.318. The minimum absolute atomic E-state index is 0.0774. The van der Waals surface area contributed by atoms with Gasteiger partial charge in [-0.25, -0.2) is 9.37 Å². The van der Waals surface area contributed by atoms with Crippen molar-refractivity contribution in [3.8, 4) is 22.3 Å². The molecule has 0 aliphatic carbocycles. The van der Waals surface area contributed by atoms with Gasteiger partial charge in [0, 0.05) is 31.3 Å². The van der Waals surface area contributed by atoms with Crippen molar-refractivity contribution in [3.63, 3.8) is 0 Å². The Morgan fingerprint density at radius 2 is 1.97 bits per heavy atom. The number of hydrogen-bond acceptors (Lipinski definition) is 7. The van der Waals surface area contributed by atoms with Crippen LogP contribution in [0.4, 0.5) is 4.39 Å². The van der Waals surface area contributed by atoms with E-state index in [1.165, 1.54) is 23.5 Å². The zero-order valence-corrected chi connectivity index (χ0v) is 18.3. The predicted octanol–water partition coefficient (Wildman–Crippen LogP) is 4.29. The molecule has 31 heavy (non-hydrogen) atoms. The normalized spacial score (nSPS) is 16.5. The molecule has 0 unspecified atom stereocenters. The fourth-order valence-corrected chi connectivity index (χ4v) is 4.98. The topological polar surface area (TPSA) is 65.3 Å². The first-order chi connectivity index (χ1) is 15.1. The zero-order valence-electron chi connectivity index (χ0n) is 17.5. The van der Waals surface area contributed by atoms with E-state index in [0.29, 0.717) is 0 Å². The molecule has 0 radical (unpaired) electrons. The molecule has 9 heteroatoms. The van der Waals surface area contributed by atoms with E-state index in [-0.39, 0.29) is 11.9 Å². The van der Waals surface area contributed by atoms with Gasteiger partial charge in [0.25, 0.3) is 0 Å². The van der Waals surface area contributed by atoms with Gasteiger partial charge in [-0.2, -0.15) is 0 Å². The second kappa shape index (κ2) is 7.90. The lowest BCUT2D eigenvalue weighted by Gasteiger charge is -2.33. The van der Waals surface area contributed by atoms with Gasteiger partial charge in [0.2, 0.25) is 0 Å². The number of thiazole rings is 1. The highest BCUT2D eigenvalue weighted by Gasteiger charge is 2.30. The summed E-state index contributed by atoms with van der Waals surface area (Å²) in [5.74, 6) is 2.96. The highest BCUT2D eigenvalue weighted by atomic mass is 32.1. The number of rotatable bonds is 5. The van der Waals surface area contributed by atoms with Crippen molar-refractivity contribution < 1.29 is 13.9 Å². The second-order valence-electron chi connectivity index (χ2n) is 7.49. The molecular weight excluding hydrogens is 417 g/mol. The number of nitrogens with zero attached hydrogens (tertiary/aromatic N) is 5. The van der Waals surface area contributed by atoms with Gasteiger partial charge < -0.3 is 14.0 Å². The summed E-state index contributed by atoms with van der Waals surface area (Å²) in [7, 11) is 3.32. The lowest BCUT2D eigenvalue weighted by molar-refractivity contribution is 0.155. The quantitative estimate of drug-likeness (QED) is 0.462. The van der Waals surface area contributed by atoms with E-state index < -0.39 is 0 Å². The Bertz CT molecular complexity index is 1250. The van der Waals surface area contributed by atoms with E-state index in [2.05, 4.69) is 31.6 Å². The standard InChI is InChI=1S/C22H22FN5O2S/c1-13-20-25-26-21(22-24-17-7-5-15(23)10-19(17)31-22)28(20)9-8-27(13)12-14-4-6-16(29-2)11-18(14)30-3/h4-7,10-11,13H,8-9,12H2,1-3H3/t13-/m1/s1. The molecule has 1 aliphatic rings. The van der Waals surface area contributed by atoms with Crippen LogP contribution >= 0.6 is 11.3 Å². The first-order valence-corrected chi connectivity index (χ1v) is 10.8. The third kappa shape index (κ3) is 3.53. The first kappa shape index (κ1) is 19.9. The predicted molar refractivity (Wildman–Crippen MR) is 117 cm³/mol. The molecule has 2 aromatic heterocycles. The number of methoxy groups -OCH3 is 2. The van der Waals surface area contributed by atoms with E-state index in [4.69, 9.17) is 9.47 Å². The van der Waals surface area contributed by atoms with Crippen molar-refractivity contribution in [3.05, 3.63) is 53.6 Å². The molecule has 1 atom stereocenters. The Morgan fingerprint density at radius 3 is 2.77 bits per heavy atom. The van der Waals surface area contributed by atoms with Gasteiger partial charge in [-0.05, 0) is 31.2 Å². The Morgan fingerprint density at radius 1 is 1.10 bits per heavy atom. The van der Waals surface area contributed by atoms with Gasteiger partial charge >= 0.3 is 0 Å². The summed E-state index contributed by atoms with van der Waals surface area (Å²) >= 11 is 1.44. The zero-order chi connectivity index (χ0) is 21.5. The summed E-state index contributed by atoms with van der Waals surface area (Å²) in [6.45, 7) is 4.46. The average Bonchev–Trinajstić information content (AvgIpc) is 3.39. The molecule has 160 valence electrons. The number of halogens is 1. The van der Waals surface area contributed by atoms with Crippen LogP contribution < -0.4 is 9.47 Å². The largest absolute Gasteiger partial charge is 0.497 e. The van der Waals surface area contributed by atoms with Gasteiger partial charge in [0.05, 0.1) is 30.5 Å².